The molecular weight excluding hydrogens is 281 g/mol. The van der Waals surface area contributed by atoms with Crippen LogP contribution in [0.25, 0.3) is 0 Å². The first-order valence-electron chi connectivity index (χ1n) is 6.34. The summed E-state index contributed by atoms with van der Waals surface area (Å²) in [5.74, 6) is 1.34. The molecule has 0 amide bonds. The number of benzene rings is 1. The SMILES string of the molecule is CC1CCCC(CNc2cc(Br)ccc2F)C1. The van der Waals surface area contributed by atoms with Crippen LogP contribution in [-0.2, 0) is 0 Å². The number of hydrogen-bond donors (Lipinski definition) is 1. The van der Waals surface area contributed by atoms with Gasteiger partial charge in [0.1, 0.15) is 5.82 Å². The Morgan fingerprint density at radius 2 is 2.24 bits per heavy atom. The number of rotatable bonds is 3. The molecule has 2 unspecified atom stereocenters. The standard InChI is InChI=1S/C14H19BrFN/c1-10-3-2-4-11(7-10)9-17-14-8-12(15)5-6-13(14)16/h5-6,8,10-11,17H,2-4,7,9H2,1H3. The van der Waals surface area contributed by atoms with Crippen molar-refractivity contribution in [2.24, 2.45) is 11.8 Å². The molecule has 0 bridgehead atoms. The maximum Gasteiger partial charge on any atom is 0.146 e. The number of hydrogen-bond acceptors (Lipinski definition) is 1. The zero-order chi connectivity index (χ0) is 12.3. The molecule has 94 valence electrons. The summed E-state index contributed by atoms with van der Waals surface area (Å²) < 4.78 is 14.4. The minimum Gasteiger partial charge on any atom is -0.382 e. The summed E-state index contributed by atoms with van der Waals surface area (Å²) in [5, 5.41) is 3.24. The van der Waals surface area contributed by atoms with Crippen LogP contribution in [0, 0.1) is 17.7 Å². The third-order valence-electron chi connectivity index (χ3n) is 3.55. The van der Waals surface area contributed by atoms with Crippen LogP contribution < -0.4 is 5.32 Å². The van der Waals surface area contributed by atoms with Gasteiger partial charge in [-0.3, -0.25) is 0 Å². The van der Waals surface area contributed by atoms with Crippen molar-refractivity contribution in [3.63, 3.8) is 0 Å². The molecule has 17 heavy (non-hydrogen) atoms. The van der Waals surface area contributed by atoms with Crippen molar-refractivity contribution in [2.75, 3.05) is 11.9 Å². The van der Waals surface area contributed by atoms with Crippen LogP contribution >= 0.6 is 15.9 Å². The first-order chi connectivity index (χ1) is 8.15. The van der Waals surface area contributed by atoms with Crippen LogP contribution in [-0.4, -0.2) is 6.54 Å². The van der Waals surface area contributed by atoms with Gasteiger partial charge in [-0.05, 0) is 42.9 Å². The Morgan fingerprint density at radius 3 is 3.00 bits per heavy atom. The van der Waals surface area contributed by atoms with Gasteiger partial charge in [-0.25, -0.2) is 4.39 Å². The van der Waals surface area contributed by atoms with Gasteiger partial charge in [-0.2, -0.15) is 0 Å². The van der Waals surface area contributed by atoms with Gasteiger partial charge in [0, 0.05) is 11.0 Å². The molecule has 1 saturated carbocycles. The lowest BCUT2D eigenvalue weighted by atomic mass is 9.82. The van der Waals surface area contributed by atoms with E-state index < -0.39 is 0 Å². The van der Waals surface area contributed by atoms with Crippen LogP contribution in [0.3, 0.4) is 0 Å². The lowest BCUT2D eigenvalue weighted by molar-refractivity contribution is 0.293. The van der Waals surface area contributed by atoms with Crippen molar-refractivity contribution in [2.45, 2.75) is 32.6 Å². The molecule has 0 heterocycles. The maximum atomic E-state index is 13.5. The summed E-state index contributed by atoms with van der Waals surface area (Å²) in [6.45, 7) is 3.20. The molecule has 2 atom stereocenters. The van der Waals surface area contributed by atoms with E-state index in [1.165, 1.54) is 31.7 Å². The summed E-state index contributed by atoms with van der Waals surface area (Å²) in [7, 11) is 0. The largest absolute Gasteiger partial charge is 0.382 e. The summed E-state index contributed by atoms with van der Waals surface area (Å²) in [4.78, 5) is 0. The monoisotopic (exact) mass is 299 g/mol. The third kappa shape index (κ3) is 3.70. The van der Waals surface area contributed by atoms with Gasteiger partial charge in [0.05, 0.1) is 5.69 Å². The fraction of sp³-hybridized carbons (Fsp3) is 0.571. The van der Waals surface area contributed by atoms with Gasteiger partial charge in [0.15, 0.2) is 0 Å². The number of anilines is 1. The smallest absolute Gasteiger partial charge is 0.146 e. The van der Waals surface area contributed by atoms with E-state index in [0.29, 0.717) is 11.6 Å². The summed E-state index contributed by atoms with van der Waals surface area (Å²) in [6, 6.07) is 5.03. The van der Waals surface area contributed by atoms with Crippen LogP contribution in [0.5, 0.6) is 0 Å². The van der Waals surface area contributed by atoms with Crippen molar-refractivity contribution in [1.82, 2.24) is 0 Å². The molecular formula is C14H19BrFN. The van der Waals surface area contributed by atoms with E-state index in [4.69, 9.17) is 0 Å². The Kier molecular flexibility index (Phi) is 4.43. The van der Waals surface area contributed by atoms with Crippen molar-refractivity contribution >= 4 is 21.6 Å². The Balaban J connectivity index is 1.90. The van der Waals surface area contributed by atoms with Gasteiger partial charge in [-0.15, -0.1) is 0 Å². The predicted octanol–water partition coefficient (Wildman–Crippen LogP) is 4.83. The third-order valence-corrected chi connectivity index (χ3v) is 4.05. The van der Waals surface area contributed by atoms with Gasteiger partial charge >= 0.3 is 0 Å². The van der Waals surface area contributed by atoms with E-state index in [0.717, 1.165) is 16.9 Å². The van der Waals surface area contributed by atoms with Crippen LogP contribution in [0.15, 0.2) is 22.7 Å². The normalized spacial score (nSPS) is 24.6. The average molecular weight is 300 g/mol. The second kappa shape index (κ2) is 5.85. The van der Waals surface area contributed by atoms with Gasteiger partial charge in [0.2, 0.25) is 0 Å². The highest BCUT2D eigenvalue weighted by Crippen LogP contribution is 2.29. The van der Waals surface area contributed by atoms with Gasteiger partial charge < -0.3 is 5.32 Å². The highest BCUT2D eigenvalue weighted by Gasteiger charge is 2.18. The molecule has 0 spiro atoms. The molecule has 1 nitrogen and oxygen atoms in total. The maximum absolute atomic E-state index is 13.5. The predicted molar refractivity (Wildman–Crippen MR) is 73.7 cm³/mol. The molecule has 0 aliphatic heterocycles. The molecule has 0 saturated heterocycles. The van der Waals surface area contributed by atoms with E-state index in [1.54, 1.807) is 6.07 Å². The van der Waals surface area contributed by atoms with Crippen LogP contribution in [0.2, 0.25) is 0 Å². The quantitative estimate of drug-likeness (QED) is 0.843. The first kappa shape index (κ1) is 12.9. The zero-order valence-electron chi connectivity index (χ0n) is 10.2. The summed E-state index contributed by atoms with van der Waals surface area (Å²) in [6.07, 6.45) is 5.20. The molecule has 1 aromatic rings. The highest BCUT2D eigenvalue weighted by molar-refractivity contribution is 9.10. The average Bonchev–Trinajstić information content (AvgIpc) is 2.30. The van der Waals surface area contributed by atoms with E-state index in [1.807, 2.05) is 6.07 Å². The summed E-state index contributed by atoms with van der Waals surface area (Å²) >= 11 is 3.37. The lowest BCUT2D eigenvalue weighted by Crippen LogP contribution is -2.21. The molecule has 1 aliphatic carbocycles. The van der Waals surface area contributed by atoms with E-state index >= 15 is 0 Å². The van der Waals surface area contributed by atoms with E-state index in [9.17, 15) is 4.39 Å². The Morgan fingerprint density at radius 1 is 1.41 bits per heavy atom. The van der Waals surface area contributed by atoms with Crippen molar-refractivity contribution in [3.05, 3.63) is 28.5 Å². The molecule has 1 fully saturated rings. The minimum absolute atomic E-state index is 0.169. The molecule has 1 aliphatic rings. The van der Waals surface area contributed by atoms with Crippen molar-refractivity contribution in [3.8, 4) is 0 Å². The van der Waals surface area contributed by atoms with E-state index in [2.05, 4.69) is 28.2 Å². The Bertz CT molecular complexity index is 380. The topological polar surface area (TPSA) is 12.0 Å². The lowest BCUT2D eigenvalue weighted by Gasteiger charge is -2.27. The van der Waals surface area contributed by atoms with Crippen molar-refractivity contribution < 1.29 is 4.39 Å². The second-order valence-corrected chi connectivity index (χ2v) is 6.06. The fourth-order valence-electron chi connectivity index (χ4n) is 2.63. The number of nitrogens with one attached hydrogen (secondary N) is 1. The van der Waals surface area contributed by atoms with Crippen LogP contribution in [0.4, 0.5) is 10.1 Å². The second-order valence-electron chi connectivity index (χ2n) is 5.14. The van der Waals surface area contributed by atoms with Gasteiger partial charge in [0.25, 0.3) is 0 Å². The Hall–Kier alpha value is -0.570. The first-order valence-corrected chi connectivity index (χ1v) is 7.13. The molecule has 1 aromatic carbocycles. The molecule has 1 N–H and O–H groups in total. The number of halogens is 2. The molecule has 3 heteroatoms. The molecule has 0 radical (unpaired) electrons. The highest BCUT2D eigenvalue weighted by atomic mass is 79.9. The molecule has 0 aromatic heterocycles. The summed E-state index contributed by atoms with van der Waals surface area (Å²) in [5.41, 5.74) is 0.609. The minimum atomic E-state index is -0.169. The Labute approximate surface area is 111 Å². The molecule has 2 rings (SSSR count). The zero-order valence-corrected chi connectivity index (χ0v) is 11.8. The fourth-order valence-corrected chi connectivity index (χ4v) is 2.99. The van der Waals surface area contributed by atoms with E-state index in [-0.39, 0.29) is 5.82 Å². The van der Waals surface area contributed by atoms with Gasteiger partial charge in [-0.1, -0.05) is 35.7 Å². The van der Waals surface area contributed by atoms with Crippen LogP contribution in [0.1, 0.15) is 32.6 Å². The van der Waals surface area contributed by atoms with Crippen molar-refractivity contribution in [1.29, 1.82) is 0 Å².